The molecule has 6 aromatic rings. The van der Waals surface area contributed by atoms with Gasteiger partial charge in [0.15, 0.2) is 0 Å². The monoisotopic (exact) mass is 1980 g/mol. The summed E-state index contributed by atoms with van der Waals surface area (Å²) in [4.78, 5) is -5.94. The van der Waals surface area contributed by atoms with Crippen molar-refractivity contribution >= 4 is 100 Å². The van der Waals surface area contributed by atoms with Crippen molar-refractivity contribution in [1.29, 1.82) is 0 Å². The molecule has 64 heteroatoms. The van der Waals surface area contributed by atoms with Gasteiger partial charge < -0.3 is 4.90 Å². The molecule has 0 aliphatic heterocycles. The number of sulfonamides is 3. The fourth-order valence-corrected chi connectivity index (χ4v) is 29.8. The van der Waals surface area contributed by atoms with Gasteiger partial charge in [-0.3, -0.25) is 0 Å². The van der Waals surface area contributed by atoms with Crippen LogP contribution in [0.1, 0.15) is 33.4 Å². The fraction of sp³-hybridized carbons (Fsp3) is 0.263. The molecule has 0 spiro atoms. The second kappa shape index (κ2) is 31.3. The van der Waals surface area contributed by atoms with Crippen LogP contribution in [0.25, 0.3) is 0 Å². The molecule has 3 unspecified atom stereocenters. The molecule has 0 saturated heterocycles. The lowest BCUT2D eigenvalue weighted by molar-refractivity contribution is -0.382. The molecule has 6 rings (SSSR count). The minimum Gasteiger partial charge on any atom is -0.311 e. The van der Waals surface area contributed by atoms with Gasteiger partial charge in [0.05, 0.1) is 14.7 Å². The molecule has 0 N–H and O–H groups in total. The normalized spacial score (nSPS) is 15.8. The molecule has 0 fully saturated rings. The van der Waals surface area contributed by atoms with Crippen molar-refractivity contribution in [3.8, 4) is 35.5 Å². The van der Waals surface area contributed by atoms with E-state index in [1.807, 2.05) is 0 Å². The Balaban J connectivity index is 1.49. The Kier molecular flexibility index (Phi) is 26.0. The van der Waals surface area contributed by atoms with Crippen LogP contribution in [-0.2, 0) is 83.0 Å². The SMILES string of the molecule is O=S(=O)(N=S(=O)(c1ccc(C#Cc2ccc(N(c3ccc(C#Cc4ccc(S(=O)(=NS(=O)(=O)C(F)(F)F)S(=O)(=O)C(F)(F)C(F)(F)C(F)(F)C(F)(F)F)cc4)cc3)c3ccc(C#Cc4ccc(S(=O)(=NS(=O)(=O)C(F)(F)F)S(=O)(=O)C(F)(F)C(F)(F)C(F)(F)C(F)(F)F)cc4)cc3)cc2)cc1)S(=O)(=O)C(F)(F)C(F)(F)C(F)(F)C(F)(F)F)C(F)(F)F. The number of anilines is 3. The molecule has 0 aromatic heterocycles. The molecule has 0 heterocycles. The Labute approximate surface area is 649 Å². The molecule has 0 aliphatic rings. The van der Waals surface area contributed by atoms with E-state index in [-0.39, 0.29) is 107 Å². The van der Waals surface area contributed by atoms with Crippen LogP contribution in [0.3, 0.4) is 0 Å². The maximum atomic E-state index is 15.0. The topological polar surface area (TPSA) is 296 Å². The quantitative estimate of drug-likeness (QED) is 0.0367. The van der Waals surface area contributed by atoms with E-state index < -0.39 is 201 Å². The van der Waals surface area contributed by atoms with Crippen LogP contribution in [0.5, 0.6) is 0 Å². The Morgan fingerprint density at radius 1 is 0.207 bits per heavy atom. The molecule has 0 radical (unpaired) electrons. The summed E-state index contributed by atoms with van der Waals surface area (Å²) >= 11 is 0. The van der Waals surface area contributed by atoms with Gasteiger partial charge in [-0.05, 0) is 146 Å². The summed E-state index contributed by atoms with van der Waals surface area (Å²) < 4.78 is 689. The number of halogens is 36. The van der Waals surface area contributed by atoms with Crippen molar-refractivity contribution in [2.45, 2.75) is 101 Å². The van der Waals surface area contributed by atoms with E-state index in [0.29, 0.717) is 0 Å². The zero-order chi connectivity index (χ0) is 93.8. The summed E-state index contributed by atoms with van der Waals surface area (Å²) in [5, 5.41) is -24.5. The number of hydrogen-bond donors (Lipinski definition) is 0. The van der Waals surface area contributed by atoms with Crippen LogP contribution < -0.4 is 4.90 Å². The summed E-state index contributed by atoms with van der Waals surface area (Å²) in [5.74, 6) is -36.3. The highest BCUT2D eigenvalue weighted by atomic mass is 33.2. The van der Waals surface area contributed by atoms with Gasteiger partial charge >= 0.3 is 143 Å². The van der Waals surface area contributed by atoms with Crippen LogP contribution in [0.4, 0.5) is 175 Å². The number of benzene rings is 6. The predicted molar refractivity (Wildman–Crippen MR) is 339 cm³/mol. The summed E-state index contributed by atoms with van der Waals surface area (Å²) in [6, 6.07) is 11.9. The average molecular weight is 1980 g/mol. The lowest BCUT2D eigenvalue weighted by atomic mass is 10.1. The molecule has 0 bridgehead atoms. The van der Waals surface area contributed by atoms with Gasteiger partial charge in [-0.25, -0.2) is 37.9 Å². The van der Waals surface area contributed by atoms with Gasteiger partial charge in [0.1, 0.15) is 0 Å². The van der Waals surface area contributed by atoms with Gasteiger partial charge in [-0.15, -0.1) is 0 Å². The largest absolute Gasteiger partial charge is 0.519 e. The Hall–Kier alpha value is -9.17. The van der Waals surface area contributed by atoms with Gasteiger partial charge in [-0.1, -0.05) is 46.8 Å². The first-order valence-electron chi connectivity index (χ1n) is 28.8. The van der Waals surface area contributed by atoms with Gasteiger partial charge in [-0.2, -0.15) is 183 Å². The van der Waals surface area contributed by atoms with Gasteiger partial charge in [0, 0.05) is 50.4 Å². The van der Waals surface area contributed by atoms with Crippen molar-refractivity contribution in [3.63, 3.8) is 0 Å². The van der Waals surface area contributed by atoms with E-state index >= 15 is 26.3 Å². The first-order valence-corrected chi connectivity index (χ1v) is 43.7. The smallest absolute Gasteiger partial charge is 0.311 e. The maximum Gasteiger partial charge on any atom is 0.519 e. The number of alkyl halides is 36. The molecule has 0 amide bonds. The highest BCUT2D eigenvalue weighted by Crippen LogP contribution is 2.60. The van der Waals surface area contributed by atoms with Crippen molar-refractivity contribution < 1.29 is 221 Å². The van der Waals surface area contributed by atoms with E-state index in [4.69, 9.17) is 0 Å². The standard InChI is InChI=1S/C57H24F36N4O15S9/c58-43(59,49(70,71)72)46(64,65)52(79,80)119(107,108)113(98,94-116(101,102)55(85,86)87)40-25-13-34(14-26-40)4-1-31-7-19-37(20-8-31)97(38-21-9-32(10-22-38)2-5-35-15-27-41(28-16-35)114(99,95-117(103,104)56(88,89)90)120(109,110)53(81,82)47(66,67)44(60,61)50(73,74)75)39-23-11-33(12-24-39)3-6-36-17-29-42(30-18-36)115(100,96-118(105,106)57(91,92)93)121(111,112)54(83,84)48(68,69)45(62,63)51(76,77)78/h7-30H. The molecule has 3 atom stereocenters. The van der Waals surface area contributed by atoms with E-state index in [9.17, 15) is 195 Å². The molecule has 19 nitrogen and oxygen atoms in total. The number of hydrogen-bond acceptors (Lipinski definition) is 16. The summed E-state index contributed by atoms with van der Waals surface area (Å²) in [6.45, 7) is 0. The van der Waals surface area contributed by atoms with E-state index in [2.05, 4.69) is 35.5 Å². The third-order valence-corrected chi connectivity index (χ3v) is 38.7. The van der Waals surface area contributed by atoms with Crippen LogP contribution >= 0.6 is 0 Å². The van der Waals surface area contributed by atoms with Gasteiger partial charge in [0.25, 0.3) is 0 Å². The van der Waals surface area contributed by atoms with Crippen molar-refractivity contribution in [2.75, 3.05) is 4.90 Å². The Morgan fingerprint density at radius 2 is 0.347 bits per heavy atom. The molecule has 121 heavy (non-hydrogen) atoms. The second-order valence-electron chi connectivity index (χ2n) is 22.6. The second-order valence-corrected chi connectivity index (χ2v) is 45.1. The van der Waals surface area contributed by atoms with Crippen molar-refractivity contribution in [2.24, 2.45) is 11.3 Å². The molecular weight excluding hydrogens is 1950 g/mol. The molecular formula is C57H24F36N4O15S9. The third kappa shape index (κ3) is 17.3. The third-order valence-electron chi connectivity index (χ3n) is 14.5. The van der Waals surface area contributed by atoms with E-state index in [0.717, 1.165) is 77.7 Å². The molecule has 0 saturated carbocycles. The zero-order valence-corrected chi connectivity index (χ0v) is 62.9. The van der Waals surface area contributed by atoms with Gasteiger partial charge in [0.2, 0.25) is 26.3 Å². The van der Waals surface area contributed by atoms with Crippen molar-refractivity contribution in [1.82, 2.24) is 0 Å². The average Bonchev–Trinajstić information content (AvgIpc) is 0.707. The van der Waals surface area contributed by atoms with E-state index in [1.54, 1.807) is 0 Å². The molecule has 0 aliphatic carbocycles. The minimum absolute atomic E-state index is 0.121. The van der Waals surface area contributed by atoms with E-state index in [1.165, 1.54) is 11.3 Å². The molecule has 668 valence electrons. The number of rotatable bonds is 21. The van der Waals surface area contributed by atoms with Crippen molar-refractivity contribution in [3.05, 3.63) is 179 Å². The first-order chi connectivity index (χ1) is 53.7. The van der Waals surface area contributed by atoms with Crippen LogP contribution in [0, 0.1) is 35.5 Å². The molecule has 6 aromatic carbocycles. The Bertz CT molecular complexity index is 5800. The maximum absolute atomic E-state index is 15.0. The lowest BCUT2D eigenvalue weighted by Crippen LogP contribution is -2.64. The summed E-state index contributed by atoms with van der Waals surface area (Å²) in [6.07, 6.45) is -23.5. The van der Waals surface area contributed by atoms with Crippen LogP contribution in [0.15, 0.2) is 172 Å². The predicted octanol–water partition coefficient (Wildman–Crippen LogP) is 16.7. The highest BCUT2D eigenvalue weighted by Gasteiger charge is 2.89. The minimum atomic E-state index is -8.74. The summed E-state index contributed by atoms with van der Waals surface area (Å²) in [5.41, 5.74) is -24.3. The first kappa shape index (κ1) is 101. The summed E-state index contributed by atoms with van der Waals surface area (Å²) in [7, 11) is -72.7. The van der Waals surface area contributed by atoms with Crippen LogP contribution in [-0.4, -0.2) is 149 Å². The zero-order valence-electron chi connectivity index (χ0n) is 55.5. The van der Waals surface area contributed by atoms with Crippen LogP contribution in [0.2, 0.25) is 0 Å². The number of nitrogens with zero attached hydrogens (tertiary/aromatic N) is 4. The fourth-order valence-electron chi connectivity index (χ4n) is 8.21. The Morgan fingerprint density at radius 3 is 0.479 bits per heavy atom. The lowest BCUT2D eigenvalue weighted by Gasteiger charge is -2.33. The highest BCUT2D eigenvalue weighted by molar-refractivity contribution is 8.70.